The number of aromatic nitrogens is 2. The van der Waals surface area contributed by atoms with Gasteiger partial charge in [-0.3, -0.25) is 24.0 Å². The van der Waals surface area contributed by atoms with Gasteiger partial charge in [0.2, 0.25) is 17.4 Å². The average Bonchev–Trinajstić information content (AvgIpc) is 1.47. The van der Waals surface area contributed by atoms with Crippen LogP contribution < -0.4 is 74.9 Å². The van der Waals surface area contributed by atoms with E-state index in [0.29, 0.717) is 77.1 Å². The number of carbonyl (C=O) groups excluding carboxylic acids is 9. The van der Waals surface area contributed by atoms with Crippen LogP contribution in [0.4, 0.5) is 20.1 Å². The van der Waals surface area contributed by atoms with Gasteiger partial charge in [0.15, 0.2) is 11.9 Å². The Kier molecular flexibility index (Phi) is 29.7. The lowest BCUT2D eigenvalue weighted by Gasteiger charge is -2.36. The maximum Gasteiger partial charge on any atom is 0.514 e. The molecule has 6 aliphatic rings. The third kappa shape index (κ3) is 22.4. The number of nitrogens with one attached hydrogen (secondary N) is 10. The van der Waals surface area contributed by atoms with E-state index in [4.69, 9.17) is 54.3 Å². The fourth-order valence-corrected chi connectivity index (χ4v) is 16.8. The van der Waals surface area contributed by atoms with Crippen molar-refractivity contribution in [2.24, 2.45) is 21.5 Å². The molecule has 0 radical (unpaired) electrons. The van der Waals surface area contributed by atoms with Crippen LogP contribution in [0.3, 0.4) is 0 Å². The van der Waals surface area contributed by atoms with Gasteiger partial charge in [0.1, 0.15) is 24.0 Å². The molecule has 0 unspecified atom stereocenters. The standard InChI is InChI=1S/C74H102N16O18S2/c1-7-47-48-36-46(106-72(100)108-73(4,5)6)17-18-52(48)85-60-49(47)38-90-55(60)37-51-50(65(90)95)39-105-67(97)74(51,8-2)107-66(96)42(3)83-70(98)81-23-29-103-31-32-104-30-24-82-71(99)84-45-34-43(63(93)79-21-27-101-25-19-77-58(91)15-11-9-13-56-61-53(40-109-56)86-68(75)88-61)33-44(35-45)64(94)80-22-28-102-26-20-78-59(92)16-12-10-14-57-62-54(41-110-57)87-69(76)89-62/h17-18,33-37,42,53-54,56-57,61-62H,7-16,19-32,38-41H2,1-6H3,(H,77,91)(H,78,92)(H,79,93)(H,80,94)(H3,75,86,88)(H3,76,87,89)(H2,81,83,98)(H2,82,84,99)/t42-,53-,54-,56-,57-,61-,62-,74-/m0/s1. The number of pyridine rings is 2. The van der Waals surface area contributed by atoms with Gasteiger partial charge in [-0.05, 0) is 114 Å². The number of ether oxygens (including phenoxy) is 8. The van der Waals surface area contributed by atoms with Gasteiger partial charge in [0.05, 0.1) is 106 Å². The number of hydrogen-bond donors (Lipinski definition) is 12. The minimum atomic E-state index is -2.04. The summed E-state index contributed by atoms with van der Waals surface area (Å²) in [7, 11) is 0. The number of cyclic esters (lactones) is 1. The molecule has 2 fully saturated rings. The number of hydrogen-bond acceptors (Lipinski definition) is 27. The molecule has 110 heavy (non-hydrogen) atoms. The lowest BCUT2D eigenvalue weighted by Crippen LogP contribution is -2.51. The Labute approximate surface area is 645 Å². The van der Waals surface area contributed by atoms with E-state index in [1.807, 2.05) is 30.4 Å². The number of rotatable bonds is 40. The van der Waals surface area contributed by atoms with Crippen molar-refractivity contribution in [2.45, 2.75) is 171 Å². The average molecular weight is 1570 g/mol. The monoisotopic (exact) mass is 1570 g/mol. The first-order chi connectivity index (χ1) is 52.9. The summed E-state index contributed by atoms with van der Waals surface area (Å²) < 4.78 is 46.4. The van der Waals surface area contributed by atoms with Gasteiger partial charge < -0.3 is 107 Å². The van der Waals surface area contributed by atoms with Crippen LogP contribution in [0, 0.1) is 0 Å². The number of aliphatic imine (C=N–C) groups is 2. The van der Waals surface area contributed by atoms with E-state index in [2.05, 4.69) is 63.2 Å². The number of thioether (sulfide) groups is 2. The zero-order valence-electron chi connectivity index (χ0n) is 63.0. The van der Waals surface area contributed by atoms with E-state index < -0.39 is 64.8 Å². The van der Waals surface area contributed by atoms with E-state index in [1.54, 1.807) is 56.5 Å². The molecule has 10 rings (SSSR count). The van der Waals surface area contributed by atoms with Crippen LogP contribution in [0.25, 0.3) is 22.3 Å². The summed E-state index contributed by atoms with van der Waals surface area (Å²) >= 11 is 3.78. The van der Waals surface area contributed by atoms with Crippen LogP contribution in [-0.4, -0.2) is 225 Å². The number of amides is 8. The first kappa shape index (κ1) is 83.0. The van der Waals surface area contributed by atoms with E-state index in [-0.39, 0.29) is 168 Å². The quantitative estimate of drug-likeness (QED) is 0.0116. The molecule has 14 N–H and O–H groups in total. The molecule has 2 aromatic carbocycles. The van der Waals surface area contributed by atoms with E-state index in [0.717, 1.165) is 61.2 Å². The lowest BCUT2D eigenvalue weighted by atomic mass is 9.85. The number of carbonyl (C=O) groups is 9. The van der Waals surface area contributed by atoms with Crippen molar-refractivity contribution < 1.29 is 81.0 Å². The first-order valence-corrected chi connectivity index (χ1v) is 39.6. The highest BCUT2D eigenvalue weighted by atomic mass is 32.2. The van der Waals surface area contributed by atoms with Gasteiger partial charge >= 0.3 is 30.2 Å². The van der Waals surface area contributed by atoms with Crippen LogP contribution in [0.2, 0.25) is 0 Å². The molecular formula is C74H102N16O18S2. The Morgan fingerprint density at radius 2 is 1.21 bits per heavy atom. The van der Waals surface area contributed by atoms with Crippen LogP contribution in [-0.2, 0) is 77.5 Å². The van der Waals surface area contributed by atoms with Crippen LogP contribution in [0.15, 0.2) is 57.2 Å². The predicted octanol–water partition coefficient (Wildman–Crippen LogP) is 3.44. The zero-order valence-corrected chi connectivity index (χ0v) is 64.6. The van der Waals surface area contributed by atoms with Crippen LogP contribution in [0.5, 0.6) is 5.75 Å². The van der Waals surface area contributed by atoms with Crippen molar-refractivity contribution in [2.75, 3.05) is 109 Å². The summed E-state index contributed by atoms with van der Waals surface area (Å²) in [6.07, 6.45) is 5.64. The number of benzene rings is 2. The number of nitrogens with zero attached hydrogens (tertiary/aromatic N) is 4. The minimum absolute atomic E-state index is 0.0251. The molecule has 0 saturated carbocycles. The predicted molar refractivity (Wildman–Crippen MR) is 412 cm³/mol. The second kappa shape index (κ2) is 39.4. The van der Waals surface area contributed by atoms with Crippen molar-refractivity contribution in [3.63, 3.8) is 0 Å². The molecule has 2 aromatic heterocycles. The van der Waals surface area contributed by atoms with Gasteiger partial charge in [-0.25, -0.2) is 38.9 Å². The van der Waals surface area contributed by atoms with E-state index in [1.165, 1.54) is 25.1 Å². The third-order valence-corrected chi connectivity index (χ3v) is 22.1. The number of esters is 2. The SMILES string of the molecule is CCc1c2c(nc3ccc(OC(=O)OC(C)(C)C)cc13)-c1cc3c(c(=O)n1C2)COC(=O)[C@@]3(CC)OC(=O)[C@H](C)NC(=O)NCCOCCOCCNC(=O)Nc1cc(C(=O)NCCOCCNC(=O)CCCC[C@@H]2SC[C@@H]3N=C(N)N[C@@H]32)cc(C(=O)NCCOCCNC(=O)CCCC[C@@H]2SC[C@@H]3N=C(N)N[C@@H]32)c1. The molecule has 6 aliphatic heterocycles. The molecule has 36 heteroatoms. The molecule has 2 saturated heterocycles. The van der Waals surface area contributed by atoms with E-state index in [9.17, 15) is 47.9 Å². The third-order valence-electron chi connectivity index (χ3n) is 19.1. The highest BCUT2D eigenvalue weighted by Crippen LogP contribution is 2.43. The maximum absolute atomic E-state index is 14.4. The Hall–Kier alpha value is -9.49. The molecule has 8 atom stereocenters. The van der Waals surface area contributed by atoms with Crippen LogP contribution >= 0.6 is 23.5 Å². The number of aryl methyl sites for hydroxylation is 1. The van der Waals surface area contributed by atoms with Crippen LogP contribution in [0.1, 0.15) is 142 Å². The second-order valence-corrected chi connectivity index (χ2v) is 30.8. The number of guanidine groups is 2. The minimum Gasteiger partial charge on any atom is -0.457 e. The number of urea groups is 2. The number of anilines is 1. The van der Waals surface area contributed by atoms with Crippen molar-refractivity contribution in [3.05, 3.63) is 86.2 Å². The fourth-order valence-electron chi connectivity index (χ4n) is 13.7. The van der Waals surface area contributed by atoms with Crippen molar-refractivity contribution in [3.8, 4) is 17.1 Å². The highest BCUT2D eigenvalue weighted by molar-refractivity contribution is 8.00. The van der Waals surface area contributed by atoms with Crippen molar-refractivity contribution in [1.82, 2.24) is 57.4 Å². The summed E-state index contributed by atoms with van der Waals surface area (Å²) in [5.41, 5.74) is 12.1. The summed E-state index contributed by atoms with van der Waals surface area (Å²) in [5, 5.41) is 29.8. The van der Waals surface area contributed by atoms with Gasteiger partial charge in [0.25, 0.3) is 17.4 Å². The molecule has 0 bridgehead atoms. The Morgan fingerprint density at radius 1 is 0.673 bits per heavy atom. The van der Waals surface area contributed by atoms with E-state index >= 15 is 0 Å². The highest BCUT2D eigenvalue weighted by Gasteiger charge is 2.51. The number of nitrogens with two attached hydrogens (primary N) is 2. The van der Waals surface area contributed by atoms with Gasteiger partial charge in [-0.1, -0.05) is 26.7 Å². The van der Waals surface area contributed by atoms with Crippen molar-refractivity contribution >= 4 is 106 Å². The second-order valence-electron chi connectivity index (χ2n) is 28.2. The van der Waals surface area contributed by atoms with Crippen molar-refractivity contribution in [1.29, 1.82) is 0 Å². The zero-order chi connectivity index (χ0) is 78.5. The largest absolute Gasteiger partial charge is 0.514 e. The van der Waals surface area contributed by atoms with Gasteiger partial charge in [-0.2, -0.15) is 23.5 Å². The number of fused-ring (bicyclic) bond motifs is 7. The maximum atomic E-state index is 14.4. The van der Waals surface area contributed by atoms with Gasteiger partial charge in [0, 0.05) is 107 Å². The lowest BCUT2D eigenvalue weighted by molar-refractivity contribution is -0.190. The molecular weight excluding hydrogens is 1470 g/mol. The Balaban J connectivity index is 0.618. The summed E-state index contributed by atoms with van der Waals surface area (Å²) in [4.78, 5) is 147. The molecule has 0 spiro atoms. The number of unbranched alkanes of at least 4 members (excludes halogenated alkanes) is 2. The molecule has 8 amide bonds. The Bertz CT molecular complexity index is 4030. The van der Waals surface area contributed by atoms with Gasteiger partial charge in [-0.15, -0.1) is 0 Å². The molecule has 4 aromatic rings. The Morgan fingerprint density at radius 3 is 1.75 bits per heavy atom. The smallest absolute Gasteiger partial charge is 0.457 e. The first-order valence-electron chi connectivity index (χ1n) is 37.5. The molecule has 8 heterocycles. The summed E-state index contributed by atoms with van der Waals surface area (Å²) in [5.74, 6) is 0.0758. The summed E-state index contributed by atoms with van der Waals surface area (Å²) in [6, 6.07) is 9.17. The topological polar surface area (TPSA) is 459 Å². The molecule has 34 nitrogen and oxygen atoms in total. The molecule has 0 aliphatic carbocycles. The fraction of sp³-hybridized carbons (Fsp3) is 0.581. The molecule has 598 valence electrons. The normalized spacial score (nSPS) is 20.0. The summed E-state index contributed by atoms with van der Waals surface area (Å²) in [6.45, 7) is 11.9.